The molecular weight excluding hydrogens is 357 g/mol. The maximum absolute atomic E-state index is 12.8. The van der Waals surface area contributed by atoms with Crippen LogP contribution in [-0.2, 0) is 18.8 Å². The molecule has 0 aliphatic heterocycles. The number of halogens is 4. The zero-order valence-corrected chi connectivity index (χ0v) is 13.6. The minimum absolute atomic E-state index is 0.110. The summed E-state index contributed by atoms with van der Waals surface area (Å²) in [6.07, 6.45) is 0.662. The van der Waals surface area contributed by atoms with Crippen molar-refractivity contribution in [2.45, 2.75) is 11.8 Å². The van der Waals surface area contributed by atoms with E-state index in [0.717, 1.165) is 18.3 Å². The van der Waals surface area contributed by atoms with Crippen LogP contribution < -0.4 is 0 Å². The molecule has 1 unspecified atom stereocenters. The molecule has 0 saturated carbocycles. The molecule has 0 spiro atoms. The third-order valence-electron chi connectivity index (χ3n) is 3.75. The number of aryl methyl sites for hydroxylation is 1. The van der Waals surface area contributed by atoms with E-state index in [1.54, 1.807) is 11.6 Å². The standard InChI is InChI=1S/C16H12ClF3N4O/c1-24-9-21-8-14(24)15(25,13-6-11(17)4-5-22-13)10-2-3-12(23-7-10)16(18,19)20/h2-9,25H,1H3. The third-order valence-corrected chi connectivity index (χ3v) is 3.99. The van der Waals surface area contributed by atoms with Crippen molar-refractivity contribution < 1.29 is 18.3 Å². The van der Waals surface area contributed by atoms with Crippen molar-refractivity contribution in [1.82, 2.24) is 19.5 Å². The number of hydrogen-bond donors (Lipinski definition) is 1. The van der Waals surface area contributed by atoms with Crippen LogP contribution in [0, 0.1) is 0 Å². The minimum atomic E-state index is -4.57. The van der Waals surface area contributed by atoms with Gasteiger partial charge in [0.05, 0.1) is 23.9 Å². The molecule has 0 bridgehead atoms. The molecule has 0 aromatic carbocycles. The summed E-state index contributed by atoms with van der Waals surface area (Å²) >= 11 is 5.99. The van der Waals surface area contributed by atoms with E-state index in [1.165, 1.54) is 30.9 Å². The van der Waals surface area contributed by atoms with Crippen LogP contribution >= 0.6 is 11.6 Å². The van der Waals surface area contributed by atoms with Crippen molar-refractivity contribution in [3.63, 3.8) is 0 Å². The van der Waals surface area contributed by atoms with Gasteiger partial charge in [0.25, 0.3) is 0 Å². The molecule has 3 rings (SSSR count). The highest BCUT2D eigenvalue weighted by atomic mass is 35.5. The van der Waals surface area contributed by atoms with E-state index in [4.69, 9.17) is 11.6 Å². The molecule has 0 amide bonds. The Morgan fingerprint density at radius 2 is 1.84 bits per heavy atom. The van der Waals surface area contributed by atoms with E-state index in [-0.39, 0.29) is 11.3 Å². The minimum Gasteiger partial charge on any atom is -0.373 e. The van der Waals surface area contributed by atoms with Gasteiger partial charge in [-0.25, -0.2) is 4.98 Å². The molecule has 3 heterocycles. The molecule has 0 radical (unpaired) electrons. The van der Waals surface area contributed by atoms with E-state index in [0.29, 0.717) is 10.7 Å². The highest BCUT2D eigenvalue weighted by molar-refractivity contribution is 6.30. The average Bonchev–Trinajstić information content (AvgIpc) is 3.00. The number of pyridine rings is 2. The van der Waals surface area contributed by atoms with E-state index in [9.17, 15) is 18.3 Å². The summed E-state index contributed by atoms with van der Waals surface area (Å²) in [5.74, 6) is 0. The Bertz CT molecular complexity index is 895. The summed E-state index contributed by atoms with van der Waals surface area (Å²) < 4.78 is 39.8. The van der Waals surface area contributed by atoms with E-state index >= 15 is 0 Å². The Hall–Kier alpha value is -2.45. The molecular formula is C16H12ClF3N4O. The first kappa shape index (κ1) is 17.4. The molecule has 0 fully saturated rings. The molecule has 0 saturated heterocycles. The van der Waals surface area contributed by atoms with E-state index in [2.05, 4.69) is 15.0 Å². The number of nitrogens with zero attached hydrogens (tertiary/aromatic N) is 4. The lowest BCUT2D eigenvalue weighted by atomic mass is 9.87. The Labute approximate surface area is 145 Å². The number of hydrogen-bond acceptors (Lipinski definition) is 4. The van der Waals surface area contributed by atoms with Crippen LogP contribution in [0.15, 0.2) is 49.2 Å². The van der Waals surface area contributed by atoms with Gasteiger partial charge in [0.1, 0.15) is 5.69 Å². The lowest BCUT2D eigenvalue weighted by Crippen LogP contribution is -2.32. The Balaban J connectivity index is 2.20. The lowest BCUT2D eigenvalue weighted by molar-refractivity contribution is -0.141. The van der Waals surface area contributed by atoms with Gasteiger partial charge in [-0.3, -0.25) is 9.97 Å². The molecule has 5 nitrogen and oxygen atoms in total. The molecule has 9 heteroatoms. The second-order valence-electron chi connectivity index (χ2n) is 5.39. The van der Waals surface area contributed by atoms with Gasteiger partial charge < -0.3 is 9.67 Å². The number of rotatable bonds is 3. The molecule has 0 aliphatic carbocycles. The summed E-state index contributed by atoms with van der Waals surface area (Å²) in [6, 6.07) is 4.93. The topological polar surface area (TPSA) is 63.8 Å². The first-order chi connectivity index (χ1) is 11.7. The van der Waals surface area contributed by atoms with Gasteiger partial charge in [-0.15, -0.1) is 0 Å². The van der Waals surface area contributed by atoms with Gasteiger partial charge in [-0.2, -0.15) is 13.2 Å². The van der Waals surface area contributed by atoms with Crippen LogP contribution in [-0.4, -0.2) is 24.6 Å². The molecule has 25 heavy (non-hydrogen) atoms. The summed E-state index contributed by atoms with van der Waals surface area (Å²) in [6.45, 7) is 0. The van der Waals surface area contributed by atoms with Gasteiger partial charge in [0.2, 0.25) is 0 Å². The first-order valence-electron chi connectivity index (χ1n) is 7.08. The second kappa shape index (κ2) is 6.12. The van der Waals surface area contributed by atoms with Gasteiger partial charge in [0.15, 0.2) is 5.60 Å². The molecule has 1 atom stereocenters. The molecule has 3 aromatic rings. The van der Waals surface area contributed by atoms with Gasteiger partial charge in [-0.05, 0) is 18.2 Å². The molecule has 3 aromatic heterocycles. The summed E-state index contributed by atoms with van der Waals surface area (Å²) in [7, 11) is 1.65. The predicted molar refractivity (Wildman–Crippen MR) is 83.8 cm³/mol. The SMILES string of the molecule is Cn1cncc1C(O)(c1ccc(C(F)(F)F)nc1)c1cc(Cl)ccn1. The lowest BCUT2D eigenvalue weighted by Gasteiger charge is -2.28. The largest absolute Gasteiger partial charge is 0.433 e. The van der Waals surface area contributed by atoms with Crippen LogP contribution in [0.25, 0.3) is 0 Å². The number of imidazole rings is 1. The predicted octanol–water partition coefficient (Wildman–Crippen LogP) is 3.17. The smallest absolute Gasteiger partial charge is 0.373 e. The highest BCUT2D eigenvalue weighted by Crippen LogP contribution is 2.37. The van der Waals surface area contributed by atoms with Gasteiger partial charge >= 0.3 is 6.18 Å². The second-order valence-corrected chi connectivity index (χ2v) is 5.83. The monoisotopic (exact) mass is 368 g/mol. The maximum Gasteiger partial charge on any atom is 0.433 e. The number of aromatic nitrogens is 4. The van der Waals surface area contributed by atoms with Crippen LogP contribution in [0.3, 0.4) is 0 Å². The fourth-order valence-electron chi connectivity index (χ4n) is 2.51. The van der Waals surface area contributed by atoms with Gasteiger partial charge in [0, 0.05) is 30.0 Å². The zero-order chi connectivity index (χ0) is 18.2. The van der Waals surface area contributed by atoms with Gasteiger partial charge in [-0.1, -0.05) is 17.7 Å². The van der Waals surface area contributed by atoms with Crippen molar-refractivity contribution in [1.29, 1.82) is 0 Å². The molecule has 130 valence electrons. The number of alkyl halides is 3. The van der Waals surface area contributed by atoms with Crippen LogP contribution in [0.2, 0.25) is 5.02 Å². The fourth-order valence-corrected chi connectivity index (χ4v) is 2.67. The van der Waals surface area contributed by atoms with Crippen molar-refractivity contribution >= 4 is 11.6 Å². The Morgan fingerprint density at radius 3 is 2.36 bits per heavy atom. The molecule has 1 N–H and O–H groups in total. The first-order valence-corrected chi connectivity index (χ1v) is 7.45. The molecule has 0 aliphatic rings. The summed E-state index contributed by atoms with van der Waals surface area (Å²) in [4.78, 5) is 11.5. The van der Waals surface area contributed by atoms with E-state index < -0.39 is 17.5 Å². The Morgan fingerprint density at radius 1 is 1.08 bits per heavy atom. The normalized spacial score (nSPS) is 14.3. The summed E-state index contributed by atoms with van der Waals surface area (Å²) in [5, 5.41) is 11.7. The quantitative estimate of drug-likeness (QED) is 0.771. The number of aliphatic hydroxyl groups is 1. The Kier molecular flexibility index (Phi) is 4.26. The van der Waals surface area contributed by atoms with Crippen molar-refractivity contribution in [3.8, 4) is 0 Å². The van der Waals surface area contributed by atoms with Crippen molar-refractivity contribution in [2.75, 3.05) is 0 Å². The third kappa shape index (κ3) is 3.10. The van der Waals surface area contributed by atoms with Crippen LogP contribution in [0.1, 0.15) is 22.6 Å². The zero-order valence-electron chi connectivity index (χ0n) is 12.9. The van der Waals surface area contributed by atoms with E-state index in [1.807, 2.05) is 0 Å². The summed E-state index contributed by atoms with van der Waals surface area (Å²) in [5.41, 5.74) is -2.36. The van der Waals surface area contributed by atoms with Crippen molar-refractivity contribution in [3.05, 3.63) is 76.9 Å². The van der Waals surface area contributed by atoms with Crippen molar-refractivity contribution in [2.24, 2.45) is 7.05 Å². The van der Waals surface area contributed by atoms with Crippen LogP contribution in [0.5, 0.6) is 0 Å². The highest BCUT2D eigenvalue weighted by Gasteiger charge is 2.40. The van der Waals surface area contributed by atoms with Crippen LogP contribution in [0.4, 0.5) is 13.2 Å². The average molecular weight is 369 g/mol. The fraction of sp³-hybridized carbons (Fsp3) is 0.188. The maximum atomic E-state index is 12.8.